The molecule has 4 rings (SSSR count). The third-order valence-electron chi connectivity index (χ3n) is 5.45. The Balaban J connectivity index is 1.43. The number of nitrogens with zero attached hydrogens (tertiary/aromatic N) is 1. The Bertz CT molecular complexity index is 1070. The van der Waals surface area contributed by atoms with Crippen LogP contribution in [0.1, 0.15) is 25.5 Å². The van der Waals surface area contributed by atoms with E-state index in [9.17, 15) is 18.0 Å². The van der Waals surface area contributed by atoms with Gasteiger partial charge in [-0.1, -0.05) is 0 Å². The molecule has 2 aromatic rings. The first-order valence-electron chi connectivity index (χ1n) is 10.2. The van der Waals surface area contributed by atoms with Crippen molar-refractivity contribution in [2.45, 2.75) is 37.1 Å². The largest absolute Gasteiger partial charge is 0.482 e. The molecule has 166 valence electrons. The number of sulfonamides is 1. The summed E-state index contributed by atoms with van der Waals surface area (Å²) in [4.78, 5) is 24.4. The average molecular weight is 448 g/mol. The summed E-state index contributed by atoms with van der Waals surface area (Å²) in [7, 11) is -3.82. The van der Waals surface area contributed by atoms with Crippen LogP contribution < -0.4 is 15.4 Å². The Morgan fingerprint density at radius 3 is 2.97 bits per heavy atom. The van der Waals surface area contributed by atoms with Gasteiger partial charge in [-0.2, -0.15) is 4.31 Å². The molecule has 2 atom stereocenters. The summed E-state index contributed by atoms with van der Waals surface area (Å²) in [5.74, 6) is 0.290. The van der Waals surface area contributed by atoms with E-state index in [1.807, 2.05) is 13.0 Å². The molecule has 1 aromatic heterocycles. The molecule has 9 nitrogen and oxygen atoms in total. The minimum absolute atomic E-state index is 0.0595. The summed E-state index contributed by atoms with van der Waals surface area (Å²) in [6.07, 6.45) is 3.37. The highest BCUT2D eigenvalue weighted by atomic mass is 32.2. The Morgan fingerprint density at radius 2 is 2.19 bits per heavy atom. The molecule has 2 aliphatic heterocycles. The van der Waals surface area contributed by atoms with Crippen molar-refractivity contribution in [3.8, 4) is 5.75 Å². The first-order chi connectivity index (χ1) is 14.8. The molecule has 0 radical (unpaired) electrons. The van der Waals surface area contributed by atoms with E-state index < -0.39 is 15.9 Å². The number of amides is 2. The van der Waals surface area contributed by atoms with Crippen LogP contribution in [0.25, 0.3) is 0 Å². The number of carbonyl (C=O) groups is 2. The van der Waals surface area contributed by atoms with Crippen molar-refractivity contribution in [2.75, 3.05) is 25.0 Å². The second-order valence-corrected chi connectivity index (χ2v) is 9.83. The molecule has 2 unspecified atom stereocenters. The maximum Gasteiger partial charge on any atom is 0.262 e. The lowest BCUT2D eigenvalue weighted by Gasteiger charge is -2.32. The van der Waals surface area contributed by atoms with Crippen LogP contribution in [0, 0.1) is 5.92 Å². The third kappa shape index (κ3) is 4.75. The van der Waals surface area contributed by atoms with Gasteiger partial charge in [0.1, 0.15) is 11.5 Å². The van der Waals surface area contributed by atoms with Gasteiger partial charge in [0.25, 0.3) is 5.91 Å². The summed E-state index contributed by atoms with van der Waals surface area (Å²) < 4.78 is 38.3. The maximum absolute atomic E-state index is 13.2. The minimum Gasteiger partial charge on any atom is -0.482 e. The number of benzene rings is 1. The van der Waals surface area contributed by atoms with Gasteiger partial charge < -0.3 is 19.8 Å². The van der Waals surface area contributed by atoms with Gasteiger partial charge >= 0.3 is 0 Å². The molecule has 2 amide bonds. The highest BCUT2D eigenvalue weighted by molar-refractivity contribution is 7.89. The SMILES string of the molecule is CC(Cc1ccco1)NC(=O)C1CCCN(S(=O)(=O)c2ccc3c(c2)NC(=O)CO3)C1. The lowest BCUT2D eigenvalue weighted by atomic mass is 9.98. The van der Waals surface area contributed by atoms with E-state index in [0.717, 1.165) is 5.76 Å². The van der Waals surface area contributed by atoms with Gasteiger partial charge in [0, 0.05) is 25.6 Å². The number of hydrogen-bond acceptors (Lipinski definition) is 6. The van der Waals surface area contributed by atoms with Crippen LogP contribution in [0.5, 0.6) is 5.75 Å². The van der Waals surface area contributed by atoms with E-state index in [1.54, 1.807) is 12.3 Å². The molecule has 0 saturated carbocycles. The first-order valence-corrected chi connectivity index (χ1v) is 11.7. The quantitative estimate of drug-likeness (QED) is 0.697. The zero-order valence-corrected chi connectivity index (χ0v) is 18.0. The van der Waals surface area contributed by atoms with E-state index in [4.69, 9.17) is 9.15 Å². The van der Waals surface area contributed by atoms with Crippen molar-refractivity contribution in [1.82, 2.24) is 9.62 Å². The predicted molar refractivity (Wildman–Crippen MR) is 112 cm³/mol. The number of anilines is 1. The molecule has 1 saturated heterocycles. The molecular weight excluding hydrogens is 422 g/mol. The average Bonchev–Trinajstić information content (AvgIpc) is 3.26. The zero-order valence-electron chi connectivity index (χ0n) is 17.2. The fraction of sp³-hybridized carbons (Fsp3) is 0.429. The molecule has 0 aliphatic carbocycles. The van der Waals surface area contributed by atoms with Crippen molar-refractivity contribution in [2.24, 2.45) is 5.92 Å². The van der Waals surface area contributed by atoms with Crippen molar-refractivity contribution < 1.29 is 27.2 Å². The molecule has 2 aliphatic rings. The minimum atomic E-state index is -3.82. The van der Waals surface area contributed by atoms with Crippen LogP contribution in [0.2, 0.25) is 0 Å². The molecule has 2 N–H and O–H groups in total. The lowest BCUT2D eigenvalue weighted by Crippen LogP contribution is -2.47. The number of furan rings is 1. The number of carbonyl (C=O) groups excluding carboxylic acids is 2. The smallest absolute Gasteiger partial charge is 0.262 e. The standard InChI is InChI=1S/C21H25N3O6S/c1-14(10-16-5-3-9-29-16)22-21(26)15-4-2-8-24(12-15)31(27,28)17-6-7-19-18(11-17)23-20(25)13-30-19/h3,5-7,9,11,14-15H,2,4,8,10,12-13H2,1H3,(H,22,26)(H,23,25). The number of rotatable bonds is 6. The number of nitrogens with one attached hydrogen (secondary N) is 2. The van der Waals surface area contributed by atoms with E-state index in [-0.39, 0.29) is 35.9 Å². The normalized spacial score (nSPS) is 20.3. The van der Waals surface area contributed by atoms with Gasteiger partial charge in [-0.3, -0.25) is 9.59 Å². The number of piperidine rings is 1. The monoisotopic (exact) mass is 447 g/mol. The molecule has 1 aromatic carbocycles. The second kappa shape index (κ2) is 8.72. The number of ether oxygens (including phenoxy) is 1. The van der Waals surface area contributed by atoms with Gasteiger partial charge in [0.05, 0.1) is 22.8 Å². The maximum atomic E-state index is 13.2. The fourth-order valence-corrected chi connectivity index (χ4v) is 5.44. The van der Waals surface area contributed by atoms with E-state index in [1.165, 1.54) is 22.5 Å². The number of fused-ring (bicyclic) bond motifs is 1. The van der Waals surface area contributed by atoms with E-state index >= 15 is 0 Å². The zero-order chi connectivity index (χ0) is 22.0. The summed E-state index contributed by atoms with van der Waals surface area (Å²) in [5, 5.41) is 5.58. The highest BCUT2D eigenvalue weighted by Gasteiger charge is 2.34. The first kappa shape index (κ1) is 21.4. The third-order valence-corrected chi connectivity index (χ3v) is 7.31. The van der Waals surface area contributed by atoms with Gasteiger partial charge in [-0.05, 0) is 50.1 Å². The molecule has 10 heteroatoms. The predicted octanol–water partition coefficient (Wildman–Crippen LogP) is 1.76. The number of hydrogen-bond donors (Lipinski definition) is 2. The van der Waals surface area contributed by atoms with Crippen LogP contribution in [0.15, 0.2) is 45.9 Å². The molecule has 31 heavy (non-hydrogen) atoms. The van der Waals surface area contributed by atoms with E-state index in [2.05, 4.69) is 10.6 Å². The molecular formula is C21H25N3O6S. The highest BCUT2D eigenvalue weighted by Crippen LogP contribution is 2.32. The summed E-state index contributed by atoms with van der Waals surface area (Å²) in [6.45, 7) is 2.25. The molecule has 3 heterocycles. The summed E-state index contributed by atoms with van der Waals surface area (Å²) >= 11 is 0. The van der Waals surface area contributed by atoms with Crippen LogP contribution in [0.4, 0.5) is 5.69 Å². The summed E-state index contributed by atoms with van der Waals surface area (Å²) in [6, 6.07) is 7.91. The van der Waals surface area contributed by atoms with Gasteiger partial charge in [0.15, 0.2) is 6.61 Å². The fourth-order valence-electron chi connectivity index (χ4n) is 3.89. The Morgan fingerprint density at radius 1 is 1.35 bits per heavy atom. The lowest BCUT2D eigenvalue weighted by molar-refractivity contribution is -0.126. The van der Waals surface area contributed by atoms with E-state index in [0.29, 0.717) is 37.2 Å². The van der Waals surface area contributed by atoms with Crippen molar-refractivity contribution >= 4 is 27.5 Å². The molecule has 1 fully saturated rings. The Labute approximate surface area is 180 Å². The van der Waals surface area contributed by atoms with Crippen LogP contribution in [-0.4, -0.2) is 50.3 Å². The van der Waals surface area contributed by atoms with Crippen molar-refractivity contribution in [1.29, 1.82) is 0 Å². The Kier molecular flexibility index (Phi) is 6.01. The Hall–Kier alpha value is -2.85. The topological polar surface area (TPSA) is 118 Å². The molecule has 0 bridgehead atoms. The van der Waals surface area contributed by atoms with Gasteiger partial charge in [0.2, 0.25) is 15.9 Å². The van der Waals surface area contributed by atoms with Gasteiger partial charge in [-0.25, -0.2) is 8.42 Å². The summed E-state index contributed by atoms with van der Waals surface area (Å²) in [5.41, 5.74) is 0.329. The second-order valence-electron chi connectivity index (χ2n) is 7.89. The van der Waals surface area contributed by atoms with Crippen molar-refractivity contribution in [3.63, 3.8) is 0 Å². The van der Waals surface area contributed by atoms with Gasteiger partial charge in [-0.15, -0.1) is 0 Å². The van der Waals surface area contributed by atoms with Crippen LogP contribution in [-0.2, 0) is 26.0 Å². The van der Waals surface area contributed by atoms with Crippen LogP contribution in [0.3, 0.4) is 0 Å². The molecule has 0 spiro atoms. The van der Waals surface area contributed by atoms with Crippen LogP contribution >= 0.6 is 0 Å². The van der Waals surface area contributed by atoms with Crippen molar-refractivity contribution in [3.05, 3.63) is 42.4 Å².